The maximum absolute atomic E-state index is 12.3. The van der Waals surface area contributed by atoms with E-state index < -0.39 is 35.6 Å². The van der Waals surface area contributed by atoms with Gasteiger partial charge in [-0.2, -0.15) is 26.3 Å². The van der Waals surface area contributed by atoms with E-state index in [2.05, 4.69) is 0 Å². The highest BCUT2D eigenvalue weighted by Crippen LogP contribution is 2.31. The number of ether oxygens (including phenoxy) is 2. The predicted molar refractivity (Wildman–Crippen MR) is 91.3 cm³/mol. The molecule has 1 atom stereocenters. The van der Waals surface area contributed by atoms with Crippen molar-refractivity contribution in [2.45, 2.75) is 32.3 Å². The molecule has 2 aromatic carbocycles. The van der Waals surface area contributed by atoms with Crippen LogP contribution in [0.5, 0.6) is 11.5 Å². The summed E-state index contributed by atoms with van der Waals surface area (Å²) in [4.78, 5) is 11.2. The number of benzene rings is 2. The Hall–Kier alpha value is -2.91. The van der Waals surface area contributed by atoms with E-state index in [-0.39, 0.29) is 18.1 Å². The van der Waals surface area contributed by atoms with Gasteiger partial charge >= 0.3 is 18.3 Å². The van der Waals surface area contributed by atoms with Gasteiger partial charge in [0.05, 0.1) is 17.7 Å². The van der Waals surface area contributed by atoms with Crippen LogP contribution in [0.1, 0.15) is 25.0 Å². The number of phenolic OH excluding ortho intramolecular Hbond substituents is 1. The first-order valence-corrected chi connectivity index (χ1v) is 8.21. The number of carbonyl (C=O) groups excluding carboxylic acids is 1. The smallest absolute Gasteiger partial charge is 0.416 e. The van der Waals surface area contributed by atoms with Crippen LogP contribution in [-0.4, -0.2) is 23.8 Å². The maximum Gasteiger partial charge on any atom is 0.416 e. The van der Waals surface area contributed by atoms with Gasteiger partial charge in [-0.3, -0.25) is 0 Å². The van der Waals surface area contributed by atoms with Gasteiger partial charge < -0.3 is 14.6 Å². The van der Waals surface area contributed by atoms with Gasteiger partial charge in [0.1, 0.15) is 11.5 Å². The van der Waals surface area contributed by atoms with E-state index >= 15 is 0 Å². The third-order valence-corrected chi connectivity index (χ3v) is 3.31. The van der Waals surface area contributed by atoms with Crippen LogP contribution in [0.25, 0.3) is 0 Å². The van der Waals surface area contributed by atoms with E-state index in [9.17, 15) is 31.1 Å². The van der Waals surface area contributed by atoms with Gasteiger partial charge in [0, 0.05) is 0 Å². The zero-order valence-corrected chi connectivity index (χ0v) is 15.3. The number of hydrogen-bond donors (Lipinski definition) is 1. The Balaban J connectivity index is 0.000000326. The Bertz CT molecular complexity index is 767. The molecule has 0 bridgehead atoms. The minimum atomic E-state index is -4.38. The molecule has 1 N–H and O–H groups in total. The van der Waals surface area contributed by atoms with E-state index in [0.717, 1.165) is 36.4 Å². The minimum Gasteiger partial charge on any atom is -0.508 e. The molecule has 29 heavy (non-hydrogen) atoms. The molecule has 0 aliphatic heterocycles. The second-order valence-corrected chi connectivity index (χ2v) is 5.58. The number of aromatic hydroxyl groups is 1. The number of carbonyl (C=O) groups is 1. The summed E-state index contributed by atoms with van der Waals surface area (Å²) < 4.78 is 82.3. The van der Waals surface area contributed by atoms with E-state index in [1.807, 2.05) is 0 Å². The number of halogens is 6. The zero-order valence-electron chi connectivity index (χ0n) is 15.3. The lowest BCUT2D eigenvalue weighted by Crippen LogP contribution is -2.26. The molecule has 0 saturated carbocycles. The lowest BCUT2D eigenvalue weighted by atomic mass is 10.2. The van der Waals surface area contributed by atoms with Crippen molar-refractivity contribution in [1.82, 2.24) is 0 Å². The molecular weight excluding hydrogens is 406 g/mol. The Kier molecular flexibility index (Phi) is 8.35. The summed E-state index contributed by atoms with van der Waals surface area (Å²) >= 11 is 0. The molecule has 2 rings (SSSR count). The van der Waals surface area contributed by atoms with Crippen molar-refractivity contribution in [2.24, 2.45) is 0 Å². The number of hydrogen-bond acceptors (Lipinski definition) is 4. The Morgan fingerprint density at radius 3 is 1.69 bits per heavy atom. The largest absolute Gasteiger partial charge is 0.508 e. The first-order valence-electron chi connectivity index (χ1n) is 8.21. The van der Waals surface area contributed by atoms with E-state index in [1.165, 1.54) is 19.1 Å². The molecule has 0 saturated heterocycles. The highest BCUT2D eigenvalue weighted by Gasteiger charge is 2.30. The molecule has 4 nitrogen and oxygen atoms in total. The van der Waals surface area contributed by atoms with Gasteiger partial charge in [0.2, 0.25) is 0 Å². The fourth-order valence-electron chi connectivity index (χ4n) is 1.88. The molecule has 0 radical (unpaired) electrons. The van der Waals surface area contributed by atoms with Gasteiger partial charge in [-0.1, -0.05) is 0 Å². The highest BCUT2D eigenvalue weighted by molar-refractivity contribution is 5.74. The second kappa shape index (κ2) is 10.0. The van der Waals surface area contributed by atoms with Crippen LogP contribution in [0.15, 0.2) is 48.5 Å². The third kappa shape index (κ3) is 8.32. The van der Waals surface area contributed by atoms with Crippen molar-refractivity contribution >= 4 is 5.97 Å². The Morgan fingerprint density at radius 2 is 1.31 bits per heavy atom. The molecule has 10 heteroatoms. The van der Waals surface area contributed by atoms with Gasteiger partial charge in [0.15, 0.2) is 6.10 Å². The molecule has 0 heterocycles. The van der Waals surface area contributed by atoms with Crippen molar-refractivity contribution in [2.75, 3.05) is 6.61 Å². The summed E-state index contributed by atoms with van der Waals surface area (Å²) in [7, 11) is 0. The molecule has 2 aromatic rings. The van der Waals surface area contributed by atoms with E-state index in [1.54, 1.807) is 6.92 Å². The predicted octanol–water partition coefficient (Wildman–Crippen LogP) is 5.45. The van der Waals surface area contributed by atoms with Crippen LogP contribution in [0.3, 0.4) is 0 Å². The summed E-state index contributed by atoms with van der Waals surface area (Å²) in [6, 6.07) is 7.79. The van der Waals surface area contributed by atoms with Crippen LogP contribution in [-0.2, 0) is 21.9 Å². The van der Waals surface area contributed by atoms with Crippen LogP contribution < -0.4 is 4.74 Å². The summed E-state index contributed by atoms with van der Waals surface area (Å²) in [5, 5.41) is 8.66. The van der Waals surface area contributed by atoms with Crippen molar-refractivity contribution in [3.8, 4) is 11.5 Å². The average Bonchev–Trinajstić information content (AvgIpc) is 2.61. The molecule has 0 fully saturated rings. The first-order chi connectivity index (χ1) is 13.3. The van der Waals surface area contributed by atoms with Crippen molar-refractivity contribution in [1.29, 1.82) is 0 Å². The monoisotopic (exact) mass is 424 g/mol. The summed E-state index contributed by atoms with van der Waals surface area (Å²) in [5.74, 6) is -0.543. The normalized spacial score (nSPS) is 12.4. The van der Waals surface area contributed by atoms with Crippen molar-refractivity contribution in [3.05, 3.63) is 59.7 Å². The standard InChI is InChI=1S/C12H13F3O3.C7H5F3O/c1-3-17-11(16)8(2)18-10-6-4-9(5-7-10)12(13,14)15;8-7(9,10)5-1-3-6(11)4-2-5/h4-8H,3H2,1-2H3;1-4,11H. The Morgan fingerprint density at radius 1 is 0.897 bits per heavy atom. The van der Waals surface area contributed by atoms with Gasteiger partial charge in [-0.25, -0.2) is 4.79 Å². The first kappa shape index (κ1) is 24.1. The Labute approximate surface area is 162 Å². The molecule has 0 aromatic heterocycles. The van der Waals surface area contributed by atoms with E-state index in [4.69, 9.17) is 14.6 Å². The third-order valence-electron chi connectivity index (χ3n) is 3.31. The fraction of sp³-hybridized carbons (Fsp3) is 0.316. The lowest BCUT2D eigenvalue weighted by Gasteiger charge is -2.14. The maximum atomic E-state index is 12.3. The number of esters is 1. The topological polar surface area (TPSA) is 55.8 Å². The summed E-state index contributed by atoms with van der Waals surface area (Å²) in [5.41, 5.74) is -1.52. The molecular formula is C19H18F6O4. The van der Waals surface area contributed by atoms with Crippen LogP contribution in [0.2, 0.25) is 0 Å². The summed E-state index contributed by atoms with van der Waals surface area (Å²) in [6.45, 7) is 3.35. The SMILES string of the molecule is CCOC(=O)C(C)Oc1ccc(C(F)(F)F)cc1.Oc1ccc(C(F)(F)F)cc1. The van der Waals surface area contributed by atoms with Crippen molar-refractivity contribution in [3.63, 3.8) is 0 Å². The van der Waals surface area contributed by atoms with Crippen LogP contribution in [0.4, 0.5) is 26.3 Å². The number of alkyl halides is 6. The lowest BCUT2D eigenvalue weighted by molar-refractivity contribution is -0.150. The molecule has 0 amide bonds. The molecule has 0 aliphatic rings. The van der Waals surface area contributed by atoms with Crippen LogP contribution in [0, 0.1) is 0 Å². The summed E-state index contributed by atoms with van der Waals surface area (Å²) in [6.07, 6.45) is -9.57. The number of rotatable bonds is 4. The van der Waals surface area contributed by atoms with E-state index in [0.29, 0.717) is 0 Å². The van der Waals surface area contributed by atoms with Gasteiger partial charge in [-0.05, 0) is 62.4 Å². The number of phenols is 1. The van der Waals surface area contributed by atoms with Gasteiger partial charge in [0.25, 0.3) is 0 Å². The van der Waals surface area contributed by atoms with Crippen molar-refractivity contribution < 1.29 is 45.7 Å². The molecule has 0 aliphatic carbocycles. The fourth-order valence-corrected chi connectivity index (χ4v) is 1.88. The second-order valence-electron chi connectivity index (χ2n) is 5.58. The quantitative estimate of drug-likeness (QED) is 0.524. The minimum absolute atomic E-state index is 0.169. The molecule has 0 spiro atoms. The average molecular weight is 424 g/mol. The molecule has 160 valence electrons. The van der Waals surface area contributed by atoms with Crippen LogP contribution >= 0.6 is 0 Å². The highest BCUT2D eigenvalue weighted by atomic mass is 19.4. The molecule has 1 unspecified atom stereocenters. The zero-order chi connectivity index (χ0) is 22.2. The van der Waals surface area contributed by atoms with Gasteiger partial charge in [-0.15, -0.1) is 0 Å².